The highest BCUT2D eigenvalue weighted by Crippen LogP contribution is 2.19. The molecule has 0 fully saturated rings. The Bertz CT molecular complexity index is 784. The first-order valence-electron chi connectivity index (χ1n) is 7.19. The summed E-state index contributed by atoms with van der Waals surface area (Å²) in [6.45, 7) is 0.748. The van der Waals surface area contributed by atoms with Crippen LogP contribution in [0.3, 0.4) is 0 Å². The molecule has 116 valence electrons. The molecule has 0 radical (unpaired) electrons. The van der Waals surface area contributed by atoms with Gasteiger partial charge in [0.1, 0.15) is 0 Å². The fourth-order valence-corrected chi connectivity index (χ4v) is 3.16. The summed E-state index contributed by atoms with van der Waals surface area (Å²) < 4.78 is 2.05. The van der Waals surface area contributed by atoms with Gasteiger partial charge in [-0.05, 0) is 29.8 Å². The van der Waals surface area contributed by atoms with Crippen LogP contribution < -0.4 is 0 Å². The van der Waals surface area contributed by atoms with Gasteiger partial charge in [-0.25, -0.2) is 4.98 Å². The number of carbonyl (C=O) groups excluding carboxylic acids is 1. The molecule has 0 aliphatic carbocycles. The smallest absolute Gasteiger partial charge is 0.173 e. The average Bonchev–Trinajstić information content (AvgIpc) is 3.01. The Morgan fingerprint density at radius 3 is 2.57 bits per heavy atom. The Morgan fingerprint density at radius 2 is 1.83 bits per heavy atom. The normalized spacial score (nSPS) is 10.7. The molecule has 3 nitrogen and oxygen atoms in total. The van der Waals surface area contributed by atoms with Gasteiger partial charge in [0.15, 0.2) is 10.9 Å². The molecule has 0 amide bonds. The summed E-state index contributed by atoms with van der Waals surface area (Å²) in [5.74, 6) is 0.425. The Morgan fingerprint density at radius 1 is 1.09 bits per heavy atom. The van der Waals surface area contributed by atoms with Crippen molar-refractivity contribution in [2.24, 2.45) is 0 Å². The molecular formula is C18H15ClN2OS. The van der Waals surface area contributed by atoms with Crippen molar-refractivity contribution < 1.29 is 4.79 Å². The van der Waals surface area contributed by atoms with Gasteiger partial charge in [-0.1, -0.05) is 53.7 Å². The van der Waals surface area contributed by atoms with Gasteiger partial charge in [0.05, 0.1) is 5.75 Å². The lowest BCUT2D eigenvalue weighted by Crippen LogP contribution is -2.05. The van der Waals surface area contributed by atoms with Gasteiger partial charge >= 0.3 is 0 Å². The number of hydrogen-bond donors (Lipinski definition) is 0. The van der Waals surface area contributed by atoms with E-state index in [1.807, 2.05) is 24.4 Å². The predicted octanol–water partition coefficient (Wildman–Crippen LogP) is 4.56. The van der Waals surface area contributed by atoms with E-state index < -0.39 is 0 Å². The van der Waals surface area contributed by atoms with Crippen LogP contribution in [-0.2, 0) is 6.54 Å². The lowest BCUT2D eigenvalue weighted by Gasteiger charge is -2.07. The Balaban J connectivity index is 1.64. The molecule has 0 spiro atoms. The van der Waals surface area contributed by atoms with Crippen LogP contribution in [0.25, 0.3) is 0 Å². The molecule has 23 heavy (non-hydrogen) atoms. The standard InChI is InChI=1S/C18H15ClN2OS/c19-16-8-6-15(7-9-16)17(22)13-23-18-20-10-11-21(18)12-14-4-2-1-3-5-14/h1-11H,12-13H2. The van der Waals surface area contributed by atoms with E-state index in [2.05, 4.69) is 21.7 Å². The third-order valence-electron chi connectivity index (χ3n) is 3.37. The molecule has 0 unspecified atom stereocenters. The zero-order valence-corrected chi connectivity index (χ0v) is 13.9. The van der Waals surface area contributed by atoms with Crippen LogP contribution in [0.1, 0.15) is 15.9 Å². The summed E-state index contributed by atoms with van der Waals surface area (Å²) >= 11 is 7.29. The topological polar surface area (TPSA) is 34.9 Å². The quantitative estimate of drug-likeness (QED) is 0.486. The number of benzene rings is 2. The average molecular weight is 343 g/mol. The fraction of sp³-hybridized carbons (Fsp3) is 0.111. The summed E-state index contributed by atoms with van der Waals surface area (Å²) in [5, 5.41) is 1.48. The highest BCUT2D eigenvalue weighted by Gasteiger charge is 2.10. The van der Waals surface area contributed by atoms with Crippen LogP contribution in [-0.4, -0.2) is 21.1 Å². The number of aromatic nitrogens is 2. The molecule has 3 rings (SSSR count). The van der Waals surface area contributed by atoms with Crippen molar-refractivity contribution in [3.05, 3.63) is 83.1 Å². The van der Waals surface area contributed by atoms with E-state index in [-0.39, 0.29) is 5.78 Å². The van der Waals surface area contributed by atoms with Gasteiger partial charge in [-0.15, -0.1) is 0 Å². The van der Waals surface area contributed by atoms with E-state index in [0.717, 1.165) is 11.7 Å². The predicted molar refractivity (Wildman–Crippen MR) is 94.3 cm³/mol. The highest BCUT2D eigenvalue weighted by molar-refractivity contribution is 7.99. The number of carbonyl (C=O) groups is 1. The van der Waals surface area contributed by atoms with E-state index >= 15 is 0 Å². The Labute approximate surface area is 144 Å². The van der Waals surface area contributed by atoms with Gasteiger partial charge in [0.2, 0.25) is 0 Å². The number of halogens is 1. The number of ketones is 1. The first-order chi connectivity index (χ1) is 11.2. The monoisotopic (exact) mass is 342 g/mol. The minimum atomic E-state index is 0.0703. The Hall–Kier alpha value is -2.04. The minimum absolute atomic E-state index is 0.0703. The lowest BCUT2D eigenvalue weighted by atomic mass is 10.1. The molecule has 0 saturated carbocycles. The molecule has 1 aromatic heterocycles. The number of Topliss-reactive ketones (excluding diaryl/α,β-unsaturated/α-hetero) is 1. The molecule has 0 N–H and O–H groups in total. The van der Waals surface area contributed by atoms with Crippen molar-refractivity contribution in [2.75, 3.05) is 5.75 Å². The molecule has 0 bridgehead atoms. The molecule has 1 heterocycles. The molecule has 0 saturated heterocycles. The molecule has 0 aliphatic heterocycles. The third kappa shape index (κ3) is 4.24. The zero-order chi connectivity index (χ0) is 16.1. The number of rotatable bonds is 6. The first kappa shape index (κ1) is 15.8. The summed E-state index contributed by atoms with van der Waals surface area (Å²) in [5.41, 5.74) is 1.87. The van der Waals surface area contributed by atoms with E-state index in [4.69, 9.17) is 11.6 Å². The second kappa shape index (κ2) is 7.49. The number of hydrogen-bond acceptors (Lipinski definition) is 3. The van der Waals surface area contributed by atoms with Crippen LogP contribution in [0.2, 0.25) is 5.02 Å². The Kier molecular flexibility index (Phi) is 5.16. The molecule has 0 aliphatic rings. The maximum absolute atomic E-state index is 12.2. The van der Waals surface area contributed by atoms with E-state index in [1.54, 1.807) is 30.5 Å². The van der Waals surface area contributed by atoms with Crippen molar-refractivity contribution >= 4 is 29.1 Å². The van der Waals surface area contributed by atoms with Crippen LogP contribution in [0.4, 0.5) is 0 Å². The zero-order valence-electron chi connectivity index (χ0n) is 12.4. The summed E-state index contributed by atoms with van der Waals surface area (Å²) in [6, 6.07) is 17.2. The van der Waals surface area contributed by atoms with E-state index in [1.165, 1.54) is 17.3 Å². The molecule has 5 heteroatoms. The van der Waals surface area contributed by atoms with Gasteiger partial charge in [-0.3, -0.25) is 4.79 Å². The number of imidazole rings is 1. The van der Waals surface area contributed by atoms with Crippen LogP contribution >= 0.6 is 23.4 Å². The summed E-state index contributed by atoms with van der Waals surface area (Å²) in [4.78, 5) is 16.6. The lowest BCUT2D eigenvalue weighted by molar-refractivity contribution is 0.102. The minimum Gasteiger partial charge on any atom is -0.322 e. The fourth-order valence-electron chi connectivity index (χ4n) is 2.19. The largest absolute Gasteiger partial charge is 0.322 e. The van der Waals surface area contributed by atoms with Gasteiger partial charge < -0.3 is 4.57 Å². The SMILES string of the molecule is O=C(CSc1nccn1Cc1ccccc1)c1ccc(Cl)cc1. The second-order valence-corrected chi connectivity index (χ2v) is 6.42. The summed E-state index contributed by atoms with van der Waals surface area (Å²) in [7, 11) is 0. The van der Waals surface area contributed by atoms with Crippen LogP contribution in [0.5, 0.6) is 0 Å². The van der Waals surface area contributed by atoms with Crippen molar-refractivity contribution in [2.45, 2.75) is 11.7 Å². The molecule has 2 aromatic carbocycles. The van der Waals surface area contributed by atoms with Crippen LogP contribution in [0, 0.1) is 0 Å². The number of nitrogens with zero attached hydrogens (tertiary/aromatic N) is 2. The maximum Gasteiger partial charge on any atom is 0.173 e. The number of thioether (sulfide) groups is 1. The third-order valence-corrected chi connectivity index (χ3v) is 4.63. The van der Waals surface area contributed by atoms with Crippen molar-refractivity contribution in [3.8, 4) is 0 Å². The van der Waals surface area contributed by atoms with E-state index in [0.29, 0.717) is 16.3 Å². The van der Waals surface area contributed by atoms with Crippen molar-refractivity contribution in [3.63, 3.8) is 0 Å². The maximum atomic E-state index is 12.2. The summed E-state index contributed by atoms with van der Waals surface area (Å²) in [6.07, 6.45) is 3.69. The van der Waals surface area contributed by atoms with Gasteiger partial charge in [0, 0.05) is 29.5 Å². The second-order valence-electron chi connectivity index (χ2n) is 5.04. The van der Waals surface area contributed by atoms with E-state index in [9.17, 15) is 4.79 Å². The van der Waals surface area contributed by atoms with Crippen LogP contribution in [0.15, 0.2) is 72.1 Å². The van der Waals surface area contributed by atoms with Crippen molar-refractivity contribution in [1.29, 1.82) is 0 Å². The van der Waals surface area contributed by atoms with Gasteiger partial charge in [-0.2, -0.15) is 0 Å². The molecule has 3 aromatic rings. The highest BCUT2D eigenvalue weighted by atomic mass is 35.5. The molecular weight excluding hydrogens is 328 g/mol. The first-order valence-corrected chi connectivity index (χ1v) is 8.55. The van der Waals surface area contributed by atoms with Gasteiger partial charge in [0.25, 0.3) is 0 Å². The molecule has 0 atom stereocenters. The van der Waals surface area contributed by atoms with Crippen molar-refractivity contribution in [1.82, 2.24) is 9.55 Å².